The van der Waals surface area contributed by atoms with Crippen molar-refractivity contribution >= 4 is 5.91 Å². The molecule has 0 aliphatic carbocycles. The second kappa shape index (κ2) is 9.65. The van der Waals surface area contributed by atoms with Crippen LogP contribution in [0.3, 0.4) is 0 Å². The minimum Gasteiger partial charge on any atom is -0.336 e. The first-order valence-electron chi connectivity index (χ1n) is 9.69. The van der Waals surface area contributed by atoms with Crippen molar-refractivity contribution in [3.8, 4) is 0 Å². The minimum atomic E-state index is 0.124. The Morgan fingerprint density at radius 1 is 0.963 bits per heavy atom. The third-order valence-corrected chi connectivity index (χ3v) is 5.19. The molecule has 0 bridgehead atoms. The fraction of sp³-hybridized carbons (Fsp3) is 0.409. The number of carbonyl (C=O) groups excluding carboxylic acids is 1. The summed E-state index contributed by atoms with van der Waals surface area (Å²) in [7, 11) is 2.16. The molecule has 0 atom stereocenters. The van der Waals surface area contributed by atoms with Crippen LogP contribution in [0.2, 0.25) is 0 Å². The molecule has 1 aliphatic rings. The van der Waals surface area contributed by atoms with Crippen molar-refractivity contribution in [1.82, 2.24) is 14.7 Å². The predicted octanol–water partition coefficient (Wildman–Crippen LogP) is 2.04. The number of benzene rings is 2. The van der Waals surface area contributed by atoms with Crippen LogP contribution in [0.25, 0.3) is 0 Å². The SMILES string of the molecule is CN(CCN1CCN(C(=O)c2ccc(CN)cc2)CC1)Cc1ccccc1. The second-order valence-corrected chi connectivity index (χ2v) is 7.26. The smallest absolute Gasteiger partial charge is 0.253 e. The largest absolute Gasteiger partial charge is 0.336 e. The van der Waals surface area contributed by atoms with Gasteiger partial charge in [0.25, 0.3) is 5.91 Å². The standard InChI is InChI=1S/C22H30N4O/c1-24(18-20-5-3-2-4-6-20)11-12-25-13-15-26(16-14-25)22(27)21-9-7-19(17-23)8-10-21/h2-10H,11-18,23H2,1H3. The van der Waals surface area contributed by atoms with Crippen molar-refractivity contribution in [2.75, 3.05) is 46.3 Å². The molecule has 5 heteroatoms. The summed E-state index contributed by atoms with van der Waals surface area (Å²) >= 11 is 0. The first-order valence-corrected chi connectivity index (χ1v) is 9.69. The zero-order chi connectivity index (χ0) is 19.1. The van der Waals surface area contributed by atoms with Gasteiger partial charge in [-0.25, -0.2) is 0 Å². The molecule has 1 aliphatic heterocycles. The van der Waals surface area contributed by atoms with Gasteiger partial charge in [0, 0.05) is 57.9 Å². The maximum atomic E-state index is 12.6. The van der Waals surface area contributed by atoms with Gasteiger partial charge >= 0.3 is 0 Å². The Labute approximate surface area is 162 Å². The van der Waals surface area contributed by atoms with Crippen LogP contribution in [0, 0.1) is 0 Å². The number of piperazine rings is 1. The highest BCUT2D eigenvalue weighted by molar-refractivity contribution is 5.94. The van der Waals surface area contributed by atoms with Crippen molar-refractivity contribution in [2.24, 2.45) is 5.73 Å². The van der Waals surface area contributed by atoms with Crippen LogP contribution in [-0.4, -0.2) is 66.9 Å². The fourth-order valence-electron chi connectivity index (χ4n) is 3.43. The summed E-state index contributed by atoms with van der Waals surface area (Å²) in [5, 5.41) is 0. The van der Waals surface area contributed by atoms with Crippen molar-refractivity contribution in [3.63, 3.8) is 0 Å². The maximum Gasteiger partial charge on any atom is 0.253 e. The van der Waals surface area contributed by atoms with E-state index in [1.165, 1.54) is 5.56 Å². The summed E-state index contributed by atoms with van der Waals surface area (Å²) in [5.41, 5.74) is 8.77. The van der Waals surface area contributed by atoms with Gasteiger partial charge in [-0.1, -0.05) is 42.5 Å². The molecule has 1 fully saturated rings. The van der Waals surface area contributed by atoms with Crippen molar-refractivity contribution < 1.29 is 4.79 Å². The van der Waals surface area contributed by atoms with Gasteiger partial charge in [-0.05, 0) is 30.3 Å². The molecule has 0 radical (unpaired) electrons. The molecule has 2 aromatic carbocycles. The van der Waals surface area contributed by atoms with Crippen LogP contribution >= 0.6 is 0 Å². The van der Waals surface area contributed by atoms with Crippen molar-refractivity contribution in [3.05, 3.63) is 71.3 Å². The number of nitrogens with two attached hydrogens (primary N) is 1. The Balaban J connectivity index is 1.41. The number of rotatable bonds is 7. The Morgan fingerprint density at radius 3 is 2.26 bits per heavy atom. The molecular weight excluding hydrogens is 336 g/mol. The minimum absolute atomic E-state index is 0.124. The van der Waals surface area contributed by atoms with E-state index in [1.54, 1.807) is 0 Å². The normalized spacial score (nSPS) is 15.3. The van der Waals surface area contributed by atoms with Crippen molar-refractivity contribution in [1.29, 1.82) is 0 Å². The summed E-state index contributed by atoms with van der Waals surface area (Å²) in [6.45, 7) is 7.00. The summed E-state index contributed by atoms with van der Waals surface area (Å²) in [4.78, 5) is 19.4. The van der Waals surface area contributed by atoms with Gasteiger partial charge in [0.1, 0.15) is 0 Å². The van der Waals surface area contributed by atoms with Crippen LogP contribution < -0.4 is 5.73 Å². The molecule has 2 N–H and O–H groups in total. The van der Waals surface area contributed by atoms with Gasteiger partial charge in [0.15, 0.2) is 0 Å². The lowest BCUT2D eigenvalue weighted by Gasteiger charge is -2.35. The Hall–Kier alpha value is -2.21. The molecule has 27 heavy (non-hydrogen) atoms. The first-order chi connectivity index (χ1) is 13.2. The molecule has 0 aromatic heterocycles. The topological polar surface area (TPSA) is 52.8 Å². The van der Waals surface area contributed by atoms with E-state index in [2.05, 4.69) is 47.2 Å². The summed E-state index contributed by atoms with van der Waals surface area (Å²) in [6, 6.07) is 18.2. The van der Waals surface area contributed by atoms with E-state index >= 15 is 0 Å². The maximum absolute atomic E-state index is 12.6. The Bertz CT molecular complexity index is 709. The lowest BCUT2D eigenvalue weighted by Crippen LogP contribution is -2.50. The molecule has 3 rings (SSSR count). The molecule has 0 saturated carbocycles. The first kappa shape index (κ1) is 19.5. The molecule has 0 unspecified atom stereocenters. The molecule has 1 heterocycles. The number of hydrogen-bond donors (Lipinski definition) is 1. The van der Waals surface area contributed by atoms with Gasteiger partial charge in [-0.3, -0.25) is 9.69 Å². The van der Waals surface area contributed by atoms with Crippen LogP contribution in [0.15, 0.2) is 54.6 Å². The fourth-order valence-corrected chi connectivity index (χ4v) is 3.43. The van der Waals surface area contributed by atoms with E-state index in [4.69, 9.17) is 5.73 Å². The van der Waals surface area contributed by atoms with E-state index < -0.39 is 0 Å². The van der Waals surface area contributed by atoms with Gasteiger partial charge in [0.2, 0.25) is 0 Å². The molecule has 5 nitrogen and oxygen atoms in total. The molecule has 1 amide bonds. The highest BCUT2D eigenvalue weighted by atomic mass is 16.2. The van der Waals surface area contributed by atoms with Crippen LogP contribution in [0.5, 0.6) is 0 Å². The summed E-state index contributed by atoms with van der Waals surface area (Å²) in [5.74, 6) is 0.124. The molecule has 1 saturated heterocycles. The quantitative estimate of drug-likeness (QED) is 0.815. The number of carbonyl (C=O) groups is 1. The third-order valence-electron chi connectivity index (χ3n) is 5.19. The summed E-state index contributed by atoms with van der Waals surface area (Å²) in [6.07, 6.45) is 0. The lowest BCUT2D eigenvalue weighted by atomic mass is 10.1. The van der Waals surface area contributed by atoms with Crippen LogP contribution in [0.1, 0.15) is 21.5 Å². The lowest BCUT2D eigenvalue weighted by molar-refractivity contribution is 0.0626. The molecule has 0 spiro atoms. The van der Waals surface area contributed by atoms with Crippen molar-refractivity contribution in [2.45, 2.75) is 13.1 Å². The van der Waals surface area contributed by atoms with Crippen LogP contribution in [0.4, 0.5) is 0 Å². The zero-order valence-corrected chi connectivity index (χ0v) is 16.2. The Morgan fingerprint density at radius 2 is 1.63 bits per heavy atom. The van der Waals surface area contributed by atoms with Gasteiger partial charge < -0.3 is 15.5 Å². The predicted molar refractivity (Wildman–Crippen MR) is 109 cm³/mol. The highest BCUT2D eigenvalue weighted by Gasteiger charge is 2.22. The van der Waals surface area contributed by atoms with E-state index in [1.807, 2.05) is 29.2 Å². The number of hydrogen-bond acceptors (Lipinski definition) is 4. The monoisotopic (exact) mass is 366 g/mol. The average molecular weight is 367 g/mol. The van der Waals surface area contributed by atoms with E-state index in [0.717, 1.165) is 56.9 Å². The van der Waals surface area contributed by atoms with E-state index in [0.29, 0.717) is 6.54 Å². The van der Waals surface area contributed by atoms with Gasteiger partial charge in [0.05, 0.1) is 0 Å². The van der Waals surface area contributed by atoms with Gasteiger partial charge in [-0.2, -0.15) is 0 Å². The second-order valence-electron chi connectivity index (χ2n) is 7.26. The molecular formula is C22H30N4O. The number of likely N-dealkylation sites (N-methyl/N-ethyl adjacent to an activating group) is 1. The zero-order valence-electron chi connectivity index (χ0n) is 16.2. The third kappa shape index (κ3) is 5.63. The average Bonchev–Trinajstić information content (AvgIpc) is 2.73. The van der Waals surface area contributed by atoms with Gasteiger partial charge in [-0.15, -0.1) is 0 Å². The number of amides is 1. The highest BCUT2D eigenvalue weighted by Crippen LogP contribution is 2.11. The van der Waals surface area contributed by atoms with E-state index in [-0.39, 0.29) is 5.91 Å². The molecule has 2 aromatic rings. The van der Waals surface area contributed by atoms with Crippen LogP contribution in [-0.2, 0) is 13.1 Å². The number of nitrogens with zero attached hydrogens (tertiary/aromatic N) is 3. The Kier molecular flexibility index (Phi) is 6.98. The summed E-state index contributed by atoms with van der Waals surface area (Å²) < 4.78 is 0. The van der Waals surface area contributed by atoms with E-state index in [9.17, 15) is 4.79 Å². The molecule has 144 valence electrons.